The number of ether oxygens (including phenoxy) is 1. The highest BCUT2D eigenvalue weighted by Gasteiger charge is 2.35. The van der Waals surface area contributed by atoms with Crippen molar-refractivity contribution >= 4 is 27.5 Å². The summed E-state index contributed by atoms with van der Waals surface area (Å²) < 4.78 is 32.9. The van der Waals surface area contributed by atoms with Gasteiger partial charge in [0.15, 0.2) is 0 Å². The summed E-state index contributed by atoms with van der Waals surface area (Å²) in [6.07, 6.45) is 2.60. The maximum absolute atomic E-state index is 13.2. The van der Waals surface area contributed by atoms with Crippen molar-refractivity contribution < 1.29 is 17.9 Å². The highest BCUT2D eigenvalue weighted by atomic mass is 35.5. The van der Waals surface area contributed by atoms with Crippen molar-refractivity contribution in [2.45, 2.75) is 36.6 Å². The van der Waals surface area contributed by atoms with E-state index in [0.29, 0.717) is 18.0 Å². The van der Waals surface area contributed by atoms with Crippen molar-refractivity contribution in [3.8, 4) is 5.75 Å². The molecule has 140 valence electrons. The van der Waals surface area contributed by atoms with Crippen LogP contribution in [0.5, 0.6) is 5.75 Å². The van der Waals surface area contributed by atoms with Gasteiger partial charge in [0, 0.05) is 37.1 Å². The van der Waals surface area contributed by atoms with E-state index >= 15 is 0 Å². The number of nitrogens with two attached hydrogens (primary N) is 1. The molecule has 1 heterocycles. The Bertz CT molecular complexity index is 711. The Morgan fingerprint density at radius 2 is 2.20 bits per heavy atom. The molecule has 1 aromatic rings. The number of nitrogens with one attached hydrogen (secondary N) is 1. The molecule has 0 aliphatic carbocycles. The van der Waals surface area contributed by atoms with Crippen LogP contribution in [0.3, 0.4) is 0 Å². The number of amides is 1. The van der Waals surface area contributed by atoms with Crippen molar-refractivity contribution in [2.75, 3.05) is 26.7 Å². The third-order valence-corrected chi connectivity index (χ3v) is 6.40. The Hall–Kier alpha value is -1.35. The van der Waals surface area contributed by atoms with Gasteiger partial charge in [-0.25, -0.2) is 8.42 Å². The van der Waals surface area contributed by atoms with Gasteiger partial charge in [0.05, 0.1) is 7.11 Å². The highest BCUT2D eigenvalue weighted by molar-refractivity contribution is 7.89. The first-order valence-electron chi connectivity index (χ1n) is 8.22. The second kappa shape index (κ2) is 8.84. The lowest BCUT2D eigenvalue weighted by molar-refractivity contribution is -0.121. The third-order valence-electron chi connectivity index (χ3n) is 4.19. The van der Waals surface area contributed by atoms with Crippen LogP contribution in [0.1, 0.15) is 25.7 Å². The molecule has 1 amide bonds. The number of carbonyl (C=O) groups is 1. The summed E-state index contributed by atoms with van der Waals surface area (Å²) in [5.41, 5.74) is 5.36. The number of halogens is 1. The average molecular weight is 390 g/mol. The van der Waals surface area contributed by atoms with Crippen molar-refractivity contribution in [3.63, 3.8) is 0 Å². The quantitative estimate of drug-likeness (QED) is 0.733. The first-order valence-corrected chi connectivity index (χ1v) is 10.0. The Balaban J connectivity index is 2.26. The van der Waals surface area contributed by atoms with Crippen LogP contribution in [0.15, 0.2) is 23.1 Å². The molecule has 0 spiro atoms. The Morgan fingerprint density at radius 3 is 2.88 bits per heavy atom. The van der Waals surface area contributed by atoms with E-state index in [1.165, 1.54) is 23.5 Å². The molecule has 2 rings (SSSR count). The highest BCUT2D eigenvalue weighted by Crippen LogP contribution is 2.32. The minimum absolute atomic E-state index is 0.0442. The number of nitrogens with zero attached hydrogens (tertiary/aromatic N) is 1. The number of benzene rings is 1. The van der Waals surface area contributed by atoms with Gasteiger partial charge in [-0.15, -0.1) is 0 Å². The topological polar surface area (TPSA) is 102 Å². The molecule has 1 atom stereocenters. The lowest BCUT2D eigenvalue weighted by atomic mass is 10.1. The molecule has 0 radical (unpaired) electrons. The second-order valence-corrected chi connectivity index (χ2v) is 8.20. The molecular formula is C16H24ClN3O4S. The standard InChI is InChI=1S/C16H24ClN3O4S/c1-24-14-6-5-12(17)10-15(14)25(22,23)20-9-3-2-4-13(20)11-19-16(21)7-8-18/h5-6,10,13H,2-4,7-9,11,18H2,1H3,(H,19,21). The molecule has 1 fully saturated rings. The normalized spacial score (nSPS) is 18.8. The summed E-state index contributed by atoms with van der Waals surface area (Å²) in [4.78, 5) is 11.7. The van der Waals surface area contributed by atoms with Crippen molar-refractivity contribution in [1.29, 1.82) is 0 Å². The Morgan fingerprint density at radius 1 is 1.44 bits per heavy atom. The van der Waals surface area contributed by atoms with E-state index in [4.69, 9.17) is 22.1 Å². The lowest BCUT2D eigenvalue weighted by Gasteiger charge is -2.35. The molecule has 1 aliphatic rings. The van der Waals surface area contributed by atoms with Gasteiger partial charge in [0.1, 0.15) is 10.6 Å². The first-order chi connectivity index (χ1) is 11.9. The molecule has 0 aromatic heterocycles. The summed E-state index contributed by atoms with van der Waals surface area (Å²) in [6.45, 7) is 0.925. The fourth-order valence-electron chi connectivity index (χ4n) is 2.92. The lowest BCUT2D eigenvalue weighted by Crippen LogP contribution is -2.49. The van der Waals surface area contributed by atoms with Gasteiger partial charge in [-0.3, -0.25) is 4.79 Å². The number of methoxy groups -OCH3 is 1. The predicted octanol–water partition coefficient (Wildman–Crippen LogP) is 1.36. The van der Waals surface area contributed by atoms with Gasteiger partial charge >= 0.3 is 0 Å². The third kappa shape index (κ3) is 4.84. The molecule has 1 aliphatic heterocycles. The number of carbonyl (C=O) groups excluding carboxylic acids is 1. The molecule has 9 heteroatoms. The zero-order valence-electron chi connectivity index (χ0n) is 14.2. The maximum Gasteiger partial charge on any atom is 0.247 e. The van der Waals surface area contributed by atoms with Crippen molar-refractivity contribution in [1.82, 2.24) is 9.62 Å². The van der Waals surface area contributed by atoms with E-state index in [0.717, 1.165) is 12.8 Å². The SMILES string of the molecule is COc1ccc(Cl)cc1S(=O)(=O)N1CCCCC1CNC(=O)CCN. The minimum Gasteiger partial charge on any atom is -0.495 e. The Labute approximate surface area is 153 Å². The Kier molecular flexibility index (Phi) is 7.06. The molecule has 0 bridgehead atoms. The van der Waals surface area contributed by atoms with Crippen molar-refractivity contribution in [2.24, 2.45) is 5.73 Å². The monoisotopic (exact) mass is 389 g/mol. The van der Waals surface area contributed by atoms with Crippen LogP contribution in [-0.2, 0) is 14.8 Å². The van der Waals surface area contributed by atoms with E-state index in [2.05, 4.69) is 5.32 Å². The number of sulfonamides is 1. The zero-order valence-corrected chi connectivity index (χ0v) is 15.8. The average Bonchev–Trinajstić information content (AvgIpc) is 2.60. The number of hydrogen-bond acceptors (Lipinski definition) is 5. The molecule has 25 heavy (non-hydrogen) atoms. The van der Waals surface area contributed by atoms with Gasteiger partial charge in [-0.05, 0) is 31.0 Å². The summed E-state index contributed by atoms with van der Waals surface area (Å²) in [6, 6.07) is 4.22. The van der Waals surface area contributed by atoms with Gasteiger partial charge in [-0.1, -0.05) is 18.0 Å². The fraction of sp³-hybridized carbons (Fsp3) is 0.562. The number of hydrogen-bond donors (Lipinski definition) is 2. The molecule has 0 saturated carbocycles. The van der Waals surface area contributed by atoms with E-state index in [1.807, 2.05) is 0 Å². The van der Waals surface area contributed by atoms with Crippen LogP contribution in [0, 0.1) is 0 Å². The van der Waals surface area contributed by atoms with Crippen LogP contribution in [0.4, 0.5) is 0 Å². The zero-order chi connectivity index (χ0) is 18.4. The van der Waals surface area contributed by atoms with E-state index in [9.17, 15) is 13.2 Å². The molecule has 7 nitrogen and oxygen atoms in total. The molecule has 3 N–H and O–H groups in total. The predicted molar refractivity (Wildman–Crippen MR) is 96.2 cm³/mol. The van der Waals surface area contributed by atoms with Gasteiger partial charge < -0.3 is 15.8 Å². The van der Waals surface area contributed by atoms with Crippen LogP contribution in [-0.4, -0.2) is 51.4 Å². The van der Waals surface area contributed by atoms with E-state index in [-0.39, 0.29) is 42.1 Å². The number of piperidine rings is 1. The molecular weight excluding hydrogens is 366 g/mol. The van der Waals surface area contributed by atoms with Crippen LogP contribution >= 0.6 is 11.6 Å². The van der Waals surface area contributed by atoms with Gasteiger partial charge in [0.2, 0.25) is 15.9 Å². The fourth-order valence-corrected chi connectivity index (χ4v) is 5.04. The van der Waals surface area contributed by atoms with Crippen LogP contribution in [0.2, 0.25) is 5.02 Å². The van der Waals surface area contributed by atoms with E-state index < -0.39 is 10.0 Å². The van der Waals surface area contributed by atoms with Gasteiger partial charge in [0.25, 0.3) is 0 Å². The van der Waals surface area contributed by atoms with E-state index in [1.54, 1.807) is 6.07 Å². The summed E-state index contributed by atoms with van der Waals surface area (Å²) in [5, 5.41) is 3.09. The minimum atomic E-state index is -3.79. The molecule has 1 saturated heterocycles. The molecule has 1 aromatic carbocycles. The number of rotatable bonds is 7. The summed E-state index contributed by atoms with van der Waals surface area (Å²) >= 11 is 5.99. The summed E-state index contributed by atoms with van der Waals surface area (Å²) in [5.74, 6) is 0.0756. The summed E-state index contributed by atoms with van der Waals surface area (Å²) in [7, 11) is -2.37. The molecule has 1 unspecified atom stereocenters. The van der Waals surface area contributed by atoms with Crippen LogP contribution < -0.4 is 15.8 Å². The first kappa shape index (κ1) is 20.0. The maximum atomic E-state index is 13.2. The van der Waals surface area contributed by atoms with Gasteiger partial charge in [-0.2, -0.15) is 4.31 Å². The smallest absolute Gasteiger partial charge is 0.247 e. The van der Waals surface area contributed by atoms with Crippen molar-refractivity contribution in [3.05, 3.63) is 23.2 Å². The van der Waals surface area contributed by atoms with Crippen LogP contribution in [0.25, 0.3) is 0 Å². The second-order valence-electron chi connectivity index (χ2n) is 5.90. The largest absolute Gasteiger partial charge is 0.495 e.